The van der Waals surface area contributed by atoms with E-state index in [0.717, 1.165) is 65.5 Å². The standard InChI is InChI=1S/C13H27N3O2/c1-2-15-4-3-13(12(14)11-15)18-10-7-16-5-8-17-9-6-16/h12-13H,2-11,14H2,1H3. The fourth-order valence-electron chi connectivity index (χ4n) is 2.68. The van der Waals surface area contributed by atoms with Crippen LogP contribution in [0.3, 0.4) is 0 Å². The van der Waals surface area contributed by atoms with Crippen LogP contribution >= 0.6 is 0 Å². The van der Waals surface area contributed by atoms with Crippen molar-refractivity contribution in [3.8, 4) is 0 Å². The average molecular weight is 257 g/mol. The predicted octanol–water partition coefficient (Wildman–Crippen LogP) is -0.243. The maximum Gasteiger partial charge on any atom is 0.0751 e. The summed E-state index contributed by atoms with van der Waals surface area (Å²) >= 11 is 0. The molecule has 18 heavy (non-hydrogen) atoms. The van der Waals surface area contributed by atoms with Crippen LogP contribution in [0.1, 0.15) is 13.3 Å². The van der Waals surface area contributed by atoms with E-state index in [9.17, 15) is 0 Å². The lowest BCUT2D eigenvalue weighted by atomic mass is 10.0. The van der Waals surface area contributed by atoms with Crippen molar-refractivity contribution in [3.63, 3.8) is 0 Å². The molecule has 2 N–H and O–H groups in total. The SMILES string of the molecule is CCN1CCC(OCCN2CCOCC2)C(N)C1. The molecule has 0 aromatic rings. The van der Waals surface area contributed by atoms with Crippen molar-refractivity contribution in [2.75, 3.05) is 59.1 Å². The monoisotopic (exact) mass is 257 g/mol. The first-order valence-corrected chi connectivity index (χ1v) is 7.19. The zero-order chi connectivity index (χ0) is 12.8. The molecule has 106 valence electrons. The average Bonchev–Trinajstić information content (AvgIpc) is 2.42. The second-order valence-electron chi connectivity index (χ2n) is 5.21. The normalized spacial score (nSPS) is 31.7. The summed E-state index contributed by atoms with van der Waals surface area (Å²) in [5.74, 6) is 0. The topological polar surface area (TPSA) is 51.0 Å². The van der Waals surface area contributed by atoms with E-state index in [4.69, 9.17) is 15.2 Å². The van der Waals surface area contributed by atoms with E-state index in [1.807, 2.05) is 0 Å². The first-order valence-electron chi connectivity index (χ1n) is 7.19. The Hall–Kier alpha value is -0.200. The van der Waals surface area contributed by atoms with Gasteiger partial charge in [0.2, 0.25) is 0 Å². The van der Waals surface area contributed by atoms with Gasteiger partial charge < -0.3 is 20.1 Å². The number of nitrogens with two attached hydrogens (primary N) is 1. The fourth-order valence-corrected chi connectivity index (χ4v) is 2.68. The molecular formula is C13H27N3O2. The number of hydrogen-bond acceptors (Lipinski definition) is 5. The van der Waals surface area contributed by atoms with Crippen molar-refractivity contribution in [2.45, 2.75) is 25.5 Å². The van der Waals surface area contributed by atoms with Gasteiger partial charge in [-0.15, -0.1) is 0 Å². The first-order chi connectivity index (χ1) is 8.79. The smallest absolute Gasteiger partial charge is 0.0751 e. The maximum absolute atomic E-state index is 6.16. The largest absolute Gasteiger partial charge is 0.379 e. The van der Waals surface area contributed by atoms with Crippen molar-refractivity contribution < 1.29 is 9.47 Å². The molecule has 2 fully saturated rings. The summed E-state index contributed by atoms with van der Waals surface area (Å²) in [4.78, 5) is 4.79. The quantitative estimate of drug-likeness (QED) is 0.736. The Morgan fingerprint density at radius 2 is 2.00 bits per heavy atom. The molecular weight excluding hydrogens is 230 g/mol. The van der Waals surface area contributed by atoms with Gasteiger partial charge in [0, 0.05) is 38.8 Å². The van der Waals surface area contributed by atoms with E-state index in [1.165, 1.54) is 0 Å². The molecule has 5 nitrogen and oxygen atoms in total. The summed E-state index contributed by atoms with van der Waals surface area (Å²) in [6.45, 7) is 10.9. The zero-order valence-electron chi connectivity index (χ0n) is 11.5. The molecule has 0 saturated carbocycles. The minimum absolute atomic E-state index is 0.170. The highest BCUT2D eigenvalue weighted by atomic mass is 16.5. The van der Waals surface area contributed by atoms with Gasteiger partial charge in [0.25, 0.3) is 0 Å². The first kappa shape index (κ1) is 14.2. The molecule has 0 bridgehead atoms. The molecule has 2 heterocycles. The zero-order valence-corrected chi connectivity index (χ0v) is 11.5. The van der Waals surface area contributed by atoms with Crippen LogP contribution in [-0.2, 0) is 9.47 Å². The lowest BCUT2D eigenvalue weighted by Gasteiger charge is -2.36. The third-order valence-electron chi connectivity index (χ3n) is 3.97. The van der Waals surface area contributed by atoms with E-state index < -0.39 is 0 Å². The molecule has 0 aromatic heterocycles. The summed E-state index contributed by atoms with van der Waals surface area (Å²) in [6.07, 6.45) is 1.31. The third-order valence-corrected chi connectivity index (χ3v) is 3.97. The van der Waals surface area contributed by atoms with Gasteiger partial charge in [-0.2, -0.15) is 0 Å². The van der Waals surface area contributed by atoms with Gasteiger partial charge in [0.05, 0.1) is 25.9 Å². The molecule has 0 aliphatic carbocycles. The maximum atomic E-state index is 6.16. The van der Waals surface area contributed by atoms with Crippen LogP contribution in [0, 0.1) is 0 Å². The molecule has 2 rings (SSSR count). The predicted molar refractivity (Wildman–Crippen MR) is 71.7 cm³/mol. The Bertz CT molecular complexity index is 234. The molecule has 2 unspecified atom stereocenters. The fraction of sp³-hybridized carbons (Fsp3) is 1.00. The molecule has 2 saturated heterocycles. The molecule has 2 aliphatic rings. The van der Waals surface area contributed by atoms with Crippen molar-refractivity contribution in [2.24, 2.45) is 5.73 Å². The molecule has 2 atom stereocenters. The van der Waals surface area contributed by atoms with Crippen molar-refractivity contribution in [1.29, 1.82) is 0 Å². The Labute approximate surface area is 110 Å². The molecule has 0 amide bonds. The number of likely N-dealkylation sites (tertiary alicyclic amines) is 1. The van der Waals surface area contributed by atoms with Crippen LogP contribution in [0.5, 0.6) is 0 Å². The van der Waals surface area contributed by atoms with Crippen LogP contribution in [-0.4, -0.2) is 81.0 Å². The lowest BCUT2D eigenvalue weighted by Crippen LogP contribution is -2.52. The van der Waals surface area contributed by atoms with E-state index in [0.29, 0.717) is 0 Å². The van der Waals surface area contributed by atoms with E-state index in [-0.39, 0.29) is 12.1 Å². The van der Waals surface area contributed by atoms with Crippen LogP contribution in [0.2, 0.25) is 0 Å². The number of piperidine rings is 1. The highest BCUT2D eigenvalue weighted by Crippen LogP contribution is 2.12. The van der Waals surface area contributed by atoms with Crippen LogP contribution < -0.4 is 5.73 Å². The molecule has 5 heteroatoms. The van der Waals surface area contributed by atoms with Gasteiger partial charge in [-0.25, -0.2) is 0 Å². The number of likely N-dealkylation sites (N-methyl/N-ethyl adjacent to an activating group) is 1. The van der Waals surface area contributed by atoms with Crippen LogP contribution in [0.4, 0.5) is 0 Å². The van der Waals surface area contributed by atoms with Gasteiger partial charge in [0.1, 0.15) is 0 Å². The molecule has 2 aliphatic heterocycles. The third kappa shape index (κ3) is 4.17. The Morgan fingerprint density at radius 3 is 2.67 bits per heavy atom. The minimum atomic E-state index is 0.170. The highest BCUT2D eigenvalue weighted by Gasteiger charge is 2.26. The summed E-state index contributed by atoms with van der Waals surface area (Å²) in [5.41, 5.74) is 6.16. The number of rotatable bonds is 5. The highest BCUT2D eigenvalue weighted by molar-refractivity contribution is 4.83. The van der Waals surface area contributed by atoms with Gasteiger partial charge in [-0.1, -0.05) is 6.92 Å². The number of ether oxygens (including phenoxy) is 2. The lowest BCUT2D eigenvalue weighted by molar-refractivity contribution is -0.0265. The van der Waals surface area contributed by atoms with Crippen molar-refractivity contribution in [1.82, 2.24) is 9.80 Å². The molecule has 0 spiro atoms. The number of nitrogens with zero attached hydrogens (tertiary/aromatic N) is 2. The summed E-state index contributed by atoms with van der Waals surface area (Å²) in [7, 11) is 0. The second kappa shape index (κ2) is 7.40. The Kier molecular flexibility index (Phi) is 5.85. The van der Waals surface area contributed by atoms with Crippen molar-refractivity contribution in [3.05, 3.63) is 0 Å². The summed E-state index contributed by atoms with van der Waals surface area (Å²) in [5, 5.41) is 0. The Balaban J connectivity index is 1.61. The van der Waals surface area contributed by atoms with E-state index in [2.05, 4.69) is 16.7 Å². The van der Waals surface area contributed by atoms with Gasteiger partial charge >= 0.3 is 0 Å². The van der Waals surface area contributed by atoms with Gasteiger partial charge in [-0.3, -0.25) is 4.90 Å². The van der Waals surface area contributed by atoms with Crippen LogP contribution in [0.15, 0.2) is 0 Å². The second-order valence-corrected chi connectivity index (χ2v) is 5.21. The molecule has 0 radical (unpaired) electrons. The van der Waals surface area contributed by atoms with E-state index in [1.54, 1.807) is 0 Å². The summed E-state index contributed by atoms with van der Waals surface area (Å²) in [6, 6.07) is 0.170. The minimum Gasteiger partial charge on any atom is -0.379 e. The summed E-state index contributed by atoms with van der Waals surface area (Å²) < 4.78 is 11.3. The number of morpholine rings is 1. The van der Waals surface area contributed by atoms with Crippen molar-refractivity contribution >= 4 is 0 Å². The van der Waals surface area contributed by atoms with Gasteiger partial charge in [-0.05, 0) is 13.0 Å². The molecule has 0 aromatic carbocycles. The number of hydrogen-bond donors (Lipinski definition) is 1. The van der Waals surface area contributed by atoms with Crippen LogP contribution in [0.25, 0.3) is 0 Å². The van der Waals surface area contributed by atoms with Gasteiger partial charge in [0.15, 0.2) is 0 Å². The van der Waals surface area contributed by atoms with E-state index >= 15 is 0 Å². The Morgan fingerprint density at radius 1 is 1.22 bits per heavy atom.